The summed E-state index contributed by atoms with van der Waals surface area (Å²) in [5.74, 6) is 0.245. The van der Waals surface area contributed by atoms with Crippen LogP contribution in [0.1, 0.15) is 23.7 Å². The first-order chi connectivity index (χ1) is 11.1. The number of hydrogen-bond acceptors (Lipinski definition) is 3. The Labute approximate surface area is 141 Å². The number of aromatic nitrogens is 1. The smallest absolute Gasteiger partial charge is 0.255 e. The molecule has 1 amide bonds. The van der Waals surface area contributed by atoms with Crippen LogP contribution in [0, 0.1) is 0 Å². The average molecular weight is 337 g/mol. The molecule has 5 nitrogen and oxygen atoms in total. The van der Waals surface area contributed by atoms with Gasteiger partial charge in [0.25, 0.3) is 5.91 Å². The highest BCUT2D eigenvalue weighted by molar-refractivity contribution is 6.33. The SMILES string of the molecule is CC[C@H](COC)NC(=O)c1cc(Cl)c(-n2cccc2)cc1OC. The van der Waals surface area contributed by atoms with E-state index in [9.17, 15) is 4.79 Å². The monoisotopic (exact) mass is 336 g/mol. The Kier molecular flexibility index (Phi) is 6.07. The van der Waals surface area contributed by atoms with E-state index in [1.54, 1.807) is 19.2 Å². The van der Waals surface area contributed by atoms with Crippen LogP contribution in [-0.4, -0.2) is 37.3 Å². The molecular formula is C17H21ClN2O3. The molecule has 0 aliphatic carbocycles. The fraction of sp³-hybridized carbons (Fsp3) is 0.353. The first kappa shape index (κ1) is 17.4. The first-order valence-corrected chi connectivity index (χ1v) is 7.79. The molecule has 23 heavy (non-hydrogen) atoms. The second kappa shape index (κ2) is 8.04. The number of ether oxygens (including phenoxy) is 2. The molecule has 0 saturated heterocycles. The number of carbonyl (C=O) groups is 1. The zero-order valence-corrected chi connectivity index (χ0v) is 14.3. The lowest BCUT2D eigenvalue weighted by Crippen LogP contribution is -2.37. The van der Waals surface area contributed by atoms with Gasteiger partial charge in [0, 0.05) is 25.6 Å². The van der Waals surface area contributed by atoms with Crippen LogP contribution in [0.4, 0.5) is 0 Å². The molecule has 0 bridgehead atoms. The van der Waals surface area contributed by atoms with E-state index in [4.69, 9.17) is 21.1 Å². The molecule has 1 aromatic carbocycles. The van der Waals surface area contributed by atoms with Gasteiger partial charge in [-0.2, -0.15) is 0 Å². The average Bonchev–Trinajstić information content (AvgIpc) is 3.08. The maximum absolute atomic E-state index is 12.5. The third-order valence-corrected chi connectivity index (χ3v) is 3.89. The molecule has 1 aromatic heterocycles. The van der Waals surface area contributed by atoms with Gasteiger partial charge in [-0.05, 0) is 24.6 Å². The predicted octanol–water partition coefficient (Wildman–Crippen LogP) is 3.29. The van der Waals surface area contributed by atoms with Gasteiger partial charge in [0.1, 0.15) is 5.75 Å². The minimum Gasteiger partial charge on any atom is -0.496 e. The van der Waals surface area contributed by atoms with Gasteiger partial charge in [-0.1, -0.05) is 18.5 Å². The van der Waals surface area contributed by atoms with Crippen LogP contribution in [0.15, 0.2) is 36.7 Å². The van der Waals surface area contributed by atoms with E-state index >= 15 is 0 Å². The second-order valence-electron chi connectivity index (χ2n) is 5.13. The number of nitrogens with zero attached hydrogens (tertiary/aromatic N) is 1. The van der Waals surface area contributed by atoms with Crippen molar-refractivity contribution in [3.63, 3.8) is 0 Å². The Bertz CT molecular complexity index is 656. The molecule has 1 atom stereocenters. The molecule has 2 rings (SSSR count). The van der Waals surface area contributed by atoms with Crippen molar-refractivity contribution in [2.75, 3.05) is 20.8 Å². The van der Waals surface area contributed by atoms with E-state index in [0.717, 1.165) is 12.1 Å². The molecule has 0 unspecified atom stereocenters. The fourth-order valence-corrected chi connectivity index (χ4v) is 2.57. The fourth-order valence-electron chi connectivity index (χ4n) is 2.31. The maximum Gasteiger partial charge on any atom is 0.255 e. The van der Waals surface area contributed by atoms with Crippen molar-refractivity contribution >= 4 is 17.5 Å². The summed E-state index contributed by atoms with van der Waals surface area (Å²) in [7, 11) is 3.14. The summed E-state index contributed by atoms with van der Waals surface area (Å²) < 4.78 is 12.3. The van der Waals surface area contributed by atoms with E-state index in [0.29, 0.717) is 22.9 Å². The molecule has 2 aromatic rings. The van der Waals surface area contributed by atoms with E-state index in [2.05, 4.69) is 5.32 Å². The Morgan fingerprint density at radius 2 is 2.00 bits per heavy atom. The minimum absolute atomic E-state index is 0.0555. The van der Waals surface area contributed by atoms with E-state index in [1.165, 1.54) is 7.11 Å². The highest BCUT2D eigenvalue weighted by Gasteiger charge is 2.19. The van der Waals surface area contributed by atoms with Gasteiger partial charge in [0.15, 0.2) is 0 Å². The van der Waals surface area contributed by atoms with Gasteiger partial charge in [0.05, 0.1) is 36.0 Å². The number of benzene rings is 1. The molecule has 1 N–H and O–H groups in total. The van der Waals surface area contributed by atoms with Crippen LogP contribution in [0.2, 0.25) is 5.02 Å². The molecule has 0 spiro atoms. The zero-order valence-electron chi connectivity index (χ0n) is 13.5. The summed E-state index contributed by atoms with van der Waals surface area (Å²) in [6.07, 6.45) is 4.54. The van der Waals surface area contributed by atoms with E-state index in [1.807, 2.05) is 36.0 Å². The molecule has 0 aliphatic heterocycles. The summed E-state index contributed by atoms with van der Waals surface area (Å²) in [6, 6.07) is 7.14. The van der Waals surface area contributed by atoms with Crippen LogP contribution in [0.3, 0.4) is 0 Å². The summed E-state index contributed by atoms with van der Waals surface area (Å²) in [5, 5.41) is 3.41. The molecule has 1 heterocycles. The Morgan fingerprint density at radius 1 is 1.30 bits per heavy atom. The number of amides is 1. The van der Waals surface area contributed by atoms with Crippen LogP contribution < -0.4 is 10.1 Å². The number of rotatable bonds is 7. The molecule has 0 saturated carbocycles. The van der Waals surface area contributed by atoms with Gasteiger partial charge in [-0.3, -0.25) is 4.79 Å². The van der Waals surface area contributed by atoms with Crippen molar-refractivity contribution in [3.05, 3.63) is 47.2 Å². The lowest BCUT2D eigenvalue weighted by Gasteiger charge is -2.18. The standard InChI is InChI=1S/C17H21ClN2O3/c1-4-12(11-22-2)19-17(21)13-9-14(18)15(10-16(13)23-3)20-7-5-6-8-20/h5-10,12H,4,11H2,1-3H3,(H,19,21)/t12-/m1/s1. The third kappa shape index (κ3) is 4.06. The minimum atomic E-state index is -0.230. The number of carbonyl (C=O) groups excluding carboxylic acids is 1. The van der Waals surface area contributed by atoms with Gasteiger partial charge in [0.2, 0.25) is 0 Å². The number of nitrogens with one attached hydrogen (secondary N) is 1. The van der Waals surface area contributed by atoms with Crippen LogP contribution in [0.25, 0.3) is 5.69 Å². The number of halogens is 1. The number of methoxy groups -OCH3 is 2. The third-order valence-electron chi connectivity index (χ3n) is 3.59. The summed E-state index contributed by atoms with van der Waals surface area (Å²) in [5.41, 5.74) is 1.16. The normalized spacial score (nSPS) is 12.0. The largest absolute Gasteiger partial charge is 0.496 e. The molecule has 6 heteroatoms. The van der Waals surface area contributed by atoms with Crippen LogP contribution >= 0.6 is 11.6 Å². The lowest BCUT2D eigenvalue weighted by atomic mass is 10.1. The van der Waals surface area contributed by atoms with E-state index < -0.39 is 0 Å². The topological polar surface area (TPSA) is 52.5 Å². The van der Waals surface area contributed by atoms with Crippen LogP contribution in [-0.2, 0) is 4.74 Å². The summed E-state index contributed by atoms with van der Waals surface area (Å²) >= 11 is 6.34. The first-order valence-electron chi connectivity index (χ1n) is 7.41. The van der Waals surface area contributed by atoms with E-state index in [-0.39, 0.29) is 11.9 Å². The van der Waals surface area contributed by atoms with Gasteiger partial charge in [-0.15, -0.1) is 0 Å². The molecule has 0 aliphatic rings. The maximum atomic E-state index is 12.5. The lowest BCUT2D eigenvalue weighted by molar-refractivity contribution is 0.0891. The van der Waals surface area contributed by atoms with Crippen molar-refractivity contribution in [2.45, 2.75) is 19.4 Å². The van der Waals surface area contributed by atoms with Crippen molar-refractivity contribution in [1.82, 2.24) is 9.88 Å². The van der Waals surface area contributed by atoms with Gasteiger partial charge < -0.3 is 19.4 Å². The second-order valence-corrected chi connectivity index (χ2v) is 5.54. The Morgan fingerprint density at radius 3 is 2.57 bits per heavy atom. The summed E-state index contributed by atoms with van der Waals surface area (Å²) in [4.78, 5) is 12.5. The Balaban J connectivity index is 2.32. The molecule has 0 radical (unpaired) electrons. The predicted molar refractivity (Wildman–Crippen MR) is 90.8 cm³/mol. The van der Waals surface area contributed by atoms with Gasteiger partial charge >= 0.3 is 0 Å². The van der Waals surface area contributed by atoms with Crippen molar-refractivity contribution in [3.8, 4) is 11.4 Å². The Hall–Kier alpha value is -1.98. The van der Waals surface area contributed by atoms with Crippen LogP contribution in [0.5, 0.6) is 5.75 Å². The highest BCUT2D eigenvalue weighted by atomic mass is 35.5. The van der Waals surface area contributed by atoms with Crippen molar-refractivity contribution in [1.29, 1.82) is 0 Å². The van der Waals surface area contributed by atoms with Gasteiger partial charge in [-0.25, -0.2) is 0 Å². The van der Waals surface area contributed by atoms with Crippen molar-refractivity contribution in [2.24, 2.45) is 0 Å². The number of hydrogen-bond donors (Lipinski definition) is 1. The summed E-state index contributed by atoms with van der Waals surface area (Å²) in [6.45, 7) is 2.45. The molecule has 0 fully saturated rings. The highest BCUT2D eigenvalue weighted by Crippen LogP contribution is 2.30. The quantitative estimate of drug-likeness (QED) is 0.844. The zero-order chi connectivity index (χ0) is 16.8. The molecular weight excluding hydrogens is 316 g/mol. The van der Waals surface area contributed by atoms with Crippen molar-refractivity contribution < 1.29 is 14.3 Å². The molecule has 124 valence electrons.